The standard InChI is InChI=1S/C16H22N6O/c1-2-23-9-12-21-14-15(22(12)19)13-10(6-4-8-17)5-3-7-11(13)20-16(14)18/h3,5,7H,2,4,6,8-9,17,19H2,1H3,(H2,18,20). The molecule has 0 fully saturated rings. The van der Waals surface area contributed by atoms with Crippen LogP contribution >= 0.6 is 0 Å². The number of anilines is 1. The highest BCUT2D eigenvalue weighted by Crippen LogP contribution is 2.30. The molecule has 122 valence electrons. The number of benzene rings is 1. The molecule has 2 heterocycles. The summed E-state index contributed by atoms with van der Waals surface area (Å²) in [5.74, 6) is 7.29. The summed E-state index contributed by atoms with van der Waals surface area (Å²) in [4.78, 5) is 9.00. The van der Waals surface area contributed by atoms with Crippen LogP contribution < -0.4 is 17.3 Å². The van der Waals surface area contributed by atoms with Gasteiger partial charge >= 0.3 is 0 Å². The van der Waals surface area contributed by atoms with Gasteiger partial charge in [-0.3, -0.25) is 0 Å². The van der Waals surface area contributed by atoms with Crippen molar-refractivity contribution in [2.45, 2.75) is 26.4 Å². The molecule has 3 aromatic rings. The Morgan fingerprint density at radius 3 is 2.83 bits per heavy atom. The van der Waals surface area contributed by atoms with Gasteiger partial charge < -0.3 is 22.0 Å². The first-order valence-corrected chi connectivity index (χ1v) is 7.78. The Hall–Kier alpha value is -2.38. The fraction of sp³-hybridized carbons (Fsp3) is 0.375. The summed E-state index contributed by atoms with van der Waals surface area (Å²) in [7, 11) is 0. The van der Waals surface area contributed by atoms with E-state index in [1.807, 2.05) is 19.1 Å². The molecule has 23 heavy (non-hydrogen) atoms. The van der Waals surface area contributed by atoms with Crippen molar-refractivity contribution in [3.63, 3.8) is 0 Å². The van der Waals surface area contributed by atoms with E-state index in [-0.39, 0.29) is 0 Å². The van der Waals surface area contributed by atoms with Crippen LogP contribution in [-0.2, 0) is 17.8 Å². The van der Waals surface area contributed by atoms with E-state index in [1.54, 1.807) is 4.68 Å². The molecule has 0 aliphatic rings. The predicted molar refractivity (Wildman–Crippen MR) is 92.3 cm³/mol. The van der Waals surface area contributed by atoms with Crippen molar-refractivity contribution in [2.24, 2.45) is 5.73 Å². The predicted octanol–water partition coefficient (Wildman–Crippen LogP) is 1.31. The highest BCUT2D eigenvalue weighted by atomic mass is 16.5. The van der Waals surface area contributed by atoms with E-state index in [0.717, 1.165) is 34.8 Å². The number of aryl methyl sites for hydroxylation is 1. The summed E-state index contributed by atoms with van der Waals surface area (Å²) in [6.07, 6.45) is 1.76. The second-order valence-electron chi connectivity index (χ2n) is 5.43. The van der Waals surface area contributed by atoms with Crippen LogP contribution in [0.5, 0.6) is 0 Å². The van der Waals surface area contributed by atoms with Crippen LogP contribution in [-0.4, -0.2) is 27.8 Å². The first-order chi connectivity index (χ1) is 11.2. The lowest BCUT2D eigenvalue weighted by Gasteiger charge is -2.09. The van der Waals surface area contributed by atoms with Crippen molar-refractivity contribution >= 4 is 27.8 Å². The van der Waals surface area contributed by atoms with Crippen molar-refractivity contribution < 1.29 is 4.74 Å². The lowest BCUT2D eigenvalue weighted by atomic mass is 10.0. The minimum absolute atomic E-state index is 0.341. The van der Waals surface area contributed by atoms with Crippen LogP contribution in [0, 0.1) is 0 Å². The Balaban J connectivity index is 2.28. The van der Waals surface area contributed by atoms with Crippen LogP contribution in [0.3, 0.4) is 0 Å². The molecule has 0 unspecified atom stereocenters. The summed E-state index contributed by atoms with van der Waals surface area (Å²) in [5.41, 5.74) is 15.1. The summed E-state index contributed by atoms with van der Waals surface area (Å²) in [6, 6.07) is 5.99. The fourth-order valence-corrected chi connectivity index (χ4v) is 2.83. The molecule has 3 rings (SSSR count). The Morgan fingerprint density at radius 1 is 1.26 bits per heavy atom. The van der Waals surface area contributed by atoms with Gasteiger partial charge in [0.1, 0.15) is 17.6 Å². The molecule has 0 spiro atoms. The maximum atomic E-state index is 6.28. The molecule has 0 amide bonds. The molecule has 1 aromatic carbocycles. The summed E-state index contributed by atoms with van der Waals surface area (Å²) >= 11 is 0. The van der Waals surface area contributed by atoms with Crippen LogP contribution in [0.1, 0.15) is 24.7 Å². The minimum atomic E-state index is 0.341. The van der Waals surface area contributed by atoms with Gasteiger partial charge in [0.15, 0.2) is 11.6 Å². The summed E-state index contributed by atoms with van der Waals surface area (Å²) in [6.45, 7) is 3.51. The average Bonchev–Trinajstić information content (AvgIpc) is 2.88. The van der Waals surface area contributed by atoms with Gasteiger partial charge in [-0.25, -0.2) is 14.6 Å². The number of nitrogens with zero attached hydrogens (tertiary/aromatic N) is 3. The monoisotopic (exact) mass is 314 g/mol. The maximum absolute atomic E-state index is 6.28. The summed E-state index contributed by atoms with van der Waals surface area (Å²) < 4.78 is 7.00. The molecule has 7 nitrogen and oxygen atoms in total. The van der Waals surface area contributed by atoms with Crippen LogP contribution in [0.4, 0.5) is 5.82 Å². The Labute approximate surface area is 134 Å². The second kappa shape index (κ2) is 6.39. The molecule has 0 saturated carbocycles. The average molecular weight is 314 g/mol. The highest BCUT2D eigenvalue weighted by molar-refractivity contribution is 6.08. The normalized spacial score (nSPS) is 11.6. The minimum Gasteiger partial charge on any atom is -0.382 e. The van der Waals surface area contributed by atoms with E-state index in [1.165, 1.54) is 0 Å². The Bertz CT molecular complexity index is 842. The molecule has 0 atom stereocenters. The van der Waals surface area contributed by atoms with E-state index in [0.29, 0.717) is 36.9 Å². The van der Waals surface area contributed by atoms with Crippen molar-refractivity contribution in [3.05, 3.63) is 29.6 Å². The molecule has 7 heteroatoms. The Kier molecular flexibility index (Phi) is 4.31. The number of rotatable bonds is 6. The zero-order valence-electron chi connectivity index (χ0n) is 13.2. The summed E-state index contributed by atoms with van der Waals surface area (Å²) in [5, 5.41) is 0.989. The van der Waals surface area contributed by atoms with Gasteiger partial charge in [-0.15, -0.1) is 0 Å². The number of nitrogens with two attached hydrogens (primary N) is 3. The number of imidazole rings is 1. The third-order valence-electron chi connectivity index (χ3n) is 3.92. The molecule has 0 bridgehead atoms. The van der Waals surface area contributed by atoms with Crippen LogP contribution in [0.2, 0.25) is 0 Å². The van der Waals surface area contributed by atoms with Crippen LogP contribution in [0.15, 0.2) is 18.2 Å². The number of hydrogen-bond acceptors (Lipinski definition) is 6. The van der Waals surface area contributed by atoms with Crippen molar-refractivity contribution in [1.82, 2.24) is 14.6 Å². The fourth-order valence-electron chi connectivity index (χ4n) is 2.83. The van der Waals surface area contributed by atoms with Crippen molar-refractivity contribution in [3.8, 4) is 0 Å². The zero-order valence-corrected chi connectivity index (χ0v) is 13.2. The van der Waals surface area contributed by atoms with Gasteiger partial charge in [0.05, 0.1) is 5.52 Å². The number of ether oxygens (including phenoxy) is 1. The van der Waals surface area contributed by atoms with Gasteiger partial charge in [0.2, 0.25) is 0 Å². The number of fused-ring (bicyclic) bond motifs is 3. The van der Waals surface area contributed by atoms with Gasteiger partial charge in [-0.2, -0.15) is 0 Å². The van der Waals surface area contributed by atoms with E-state index in [2.05, 4.69) is 16.0 Å². The molecule has 0 aliphatic carbocycles. The zero-order chi connectivity index (χ0) is 16.4. The molecule has 0 radical (unpaired) electrons. The van der Waals surface area contributed by atoms with Gasteiger partial charge in [-0.05, 0) is 37.9 Å². The molecular weight excluding hydrogens is 292 g/mol. The molecule has 0 saturated heterocycles. The van der Waals surface area contributed by atoms with Gasteiger partial charge in [-0.1, -0.05) is 12.1 Å². The molecule has 0 aliphatic heterocycles. The first kappa shape index (κ1) is 15.5. The maximum Gasteiger partial charge on any atom is 0.154 e. The smallest absolute Gasteiger partial charge is 0.154 e. The quantitative estimate of drug-likeness (QED) is 0.590. The first-order valence-electron chi connectivity index (χ1n) is 7.78. The highest BCUT2D eigenvalue weighted by Gasteiger charge is 2.17. The van der Waals surface area contributed by atoms with Crippen molar-refractivity contribution in [2.75, 3.05) is 24.7 Å². The van der Waals surface area contributed by atoms with Crippen molar-refractivity contribution in [1.29, 1.82) is 0 Å². The SMILES string of the molecule is CCOCc1nc2c(N)nc3cccc(CCCN)c3c2n1N. The second-order valence-corrected chi connectivity index (χ2v) is 5.43. The van der Waals surface area contributed by atoms with Gasteiger partial charge in [0.25, 0.3) is 0 Å². The number of nitrogen functional groups attached to an aromatic ring is 2. The number of aromatic nitrogens is 3. The molecular formula is C16H22N6O. The molecule has 2 aromatic heterocycles. The number of pyridine rings is 1. The lowest BCUT2D eigenvalue weighted by Crippen LogP contribution is -2.14. The van der Waals surface area contributed by atoms with E-state index in [9.17, 15) is 0 Å². The third-order valence-corrected chi connectivity index (χ3v) is 3.92. The molecule has 6 N–H and O–H groups in total. The van der Waals surface area contributed by atoms with E-state index >= 15 is 0 Å². The third kappa shape index (κ3) is 2.69. The Morgan fingerprint density at radius 2 is 2.09 bits per heavy atom. The lowest BCUT2D eigenvalue weighted by molar-refractivity contribution is 0.127. The van der Waals surface area contributed by atoms with Gasteiger partial charge in [0, 0.05) is 12.0 Å². The number of hydrogen-bond donors (Lipinski definition) is 3. The van der Waals surface area contributed by atoms with E-state index in [4.69, 9.17) is 22.0 Å². The topological polar surface area (TPSA) is 118 Å². The largest absolute Gasteiger partial charge is 0.382 e. The van der Waals surface area contributed by atoms with Crippen LogP contribution in [0.25, 0.3) is 21.9 Å². The van der Waals surface area contributed by atoms with E-state index < -0.39 is 0 Å².